The van der Waals surface area contributed by atoms with Crippen molar-refractivity contribution in [3.63, 3.8) is 0 Å². The molecule has 0 rings (SSSR count). The predicted octanol–water partition coefficient (Wildman–Crippen LogP) is 25.1. The van der Waals surface area contributed by atoms with Crippen molar-refractivity contribution in [2.75, 3.05) is 13.2 Å². The van der Waals surface area contributed by atoms with Gasteiger partial charge in [0.2, 0.25) is 5.91 Å². The largest absolute Gasteiger partial charge is 0.466 e. The molecule has 0 aromatic rings. The summed E-state index contributed by atoms with van der Waals surface area (Å²) in [7, 11) is 0. The van der Waals surface area contributed by atoms with E-state index in [1.165, 1.54) is 379 Å². The molecular weight excluding hydrogens is 1020 g/mol. The summed E-state index contributed by atoms with van der Waals surface area (Å²) in [6.45, 7) is 4.95. The minimum atomic E-state index is -0.840. The maximum atomic E-state index is 12.5. The van der Waals surface area contributed by atoms with E-state index >= 15 is 0 Å². The summed E-state index contributed by atoms with van der Waals surface area (Å²) >= 11 is 0. The van der Waals surface area contributed by atoms with Gasteiger partial charge in [0.25, 0.3) is 0 Å². The number of rotatable bonds is 73. The van der Waals surface area contributed by atoms with Gasteiger partial charge in [-0.2, -0.15) is 0 Å². The van der Waals surface area contributed by atoms with E-state index in [0.717, 1.165) is 38.5 Å². The Morgan fingerprint density at radius 3 is 0.819 bits per heavy atom. The highest BCUT2D eigenvalue weighted by molar-refractivity contribution is 5.76. The molecule has 0 spiro atoms. The molecule has 0 bridgehead atoms. The van der Waals surface area contributed by atoms with Crippen LogP contribution in [-0.4, -0.2) is 47.4 Å². The molecule has 0 radical (unpaired) electrons. The minimum Gasteiger partial charge on any atom is -0.466 e. The molecular formula is C77H151NO5. The normalized spacial score (nSPS) is 12.5. The second-order valence-corrected chi connectivity index (χ2v) is 26.7. The zero-order chi connectivity index (χ0) is 59.9. The van der Waals surface area contributed by atoms with Crippen LogP contribution in [0, 0.1) is 0 Å². The first-order valence-electron chi connectivity index (χ1n) is 38.5. The van der Waals surface area contributed by atoms with Gasteiger partial charge in [0.15, 0.2) is 0 Å². The van der Waals surface area contributed by atoms with E-state index in [1.54, 1.807) is 6.08 Å². The number of allylic oxidation sites excluding steroid dienone is 1. The second kappa shape index (κ2) is 73.1. The first-order valence-corrected chi connectivity index (χ1v) is 38.5. The Morgan fingerprint density at radius 2 is 0.554 bits per heavy atom. The average Bonchev–Trinajstić information content (AvgIpc) is 3.49. The van der Waals surface area contributed by atoms with Gasteiger partial charge in [-0.05, 0) is 32.1 Å². The van der Waals surface area contributed by atoms with E-state index in [2.05, 4.69) is 19.2 Å². The number of unbranched alkanes of at least 4 members (excludes halogenated alkanes) is 62. The molecule has 0 heterocycles. The molecule has 0 aromatic heterocycles. The molecule has 6 nitrogen and oxygen atoms in total. The first-order chi connectivity index (χ1) is 41.0. The van der Waals surface area contributed by atoms with Crippen LogP contribution >= 0.6 is 0 Å². The van der Waals surface area contributed by atoms with E-state index in [1.807, 2.05) is 6.08 Å². The molecule has 0 saturated heterocycles. The second-order valence-electron chi connectivity index (χ2n) is 26.7. The van der Waals surface area contributed by atoms with Crippen LogP contribution in [0.1, 0.15) is 444 Å². The Balaban J connectivity index is 3.31. The fraction of sp³-hybridized carbons (Fsp3) is 0.948. The van der Waals surface area contributed by atoms with Crippen molar-refractivity contribution in [3.8, 4) is 0 Å². The standard InChI is InChI=1S/C77H151NO5/c1-3-5-7-9-11-13-15-17-18-40-43-46-49-53-57-61-65-69-75(80)74(73-79)78-76(81)70-66-62-58-54-50-47-44-41-38-36-34-32-30-28-26-24-22-20-19-21-23-25-27-29-31-33-35-37-39-42-45-48-52-56-60-64-68-72-83-77(82)71-67-63-59-55-51-16-14-12-10-8-6-4-2/h65,69,74-75,79-80H,3-64,66-68,70-73H2,1-2H3,(H,78,81)/b69-65+. The summed E-state index contributed by atoms with van der Waals surface area (Å²) in [4.78, 5) is 24.6. The van der Waals surface area contributed by atoms with Crippen molar-refractivity contribution in [1.82, 2.24) is 5.32 Å². The zero-order valence-electron chi connectivity index (χ0n) is 56.7. The van der Waals surface area contributed by atoms with Crippen LogP contribution < -0.4 is 5.32 Å². The summed E-state index contributed by atoms with van der Waals surface area (Å²) in [5.74, 6) is -0.0334. The van der Waals surface area contributed by atoms with Crippen LogP contribution in [-0.2, 0) is 14.3 Å². The van der Waals surface area contributed by atoms with Crippen LogP contribution in [0.3, 0.4) is 0 Å². The van der Waals surface area contributed by atoms with Gasteiger partial charge >= 0.3 is 5.97 Å². The van der Waals surface area contributed by atoms with E-state index < -0.39 is 12.1 Å². The van der Waals surface area contributed by atoms with Crippen molar-refractivity contribution in [3.05, 3.63) is 12.2 Å². The van der Waals surface area contributed by atoms with Gasteiger partial charge in [0.1, 0.15) is 0 Å². The molecule has 0 aliphatic carbocycles. The molecule has 0 aliphatic heterocycles. The van der Waals surface area contributed by atoms with E-state index in [0.29, 0.717) is 19.4 Å². The van der Waals surface area contributed by atoms with Crippen molar-refractivity contribution < 1.29 is 24.5 Å². The Labute approximate surface area is 520 Å². The topological polar surface area (TPSA) is 95.9 Å². The lowest BCUT2D eigenvalue weighted by Gasteiger charge is -2.20. The lowest BCUT2D eigenvalue weighted by Crippen LogP contribution is -2.45. The fourth-order valence-electron chi connectivity index (χ4n) is 12.5. The van der Waals surface area contributed by atoms with Gasteiger partial charge in [-0.1, -0.05) is 411 Å². The van der Waals surface area contributed by atoms with Crippen molar-refractivity contribution in [2.45, 2.75) is 456 Å². The highest BCUT2D eigenvalue weighted by Crippen LogP contribution is 2.20. The molecule has 494 valence electrons. The number of esters is 1. The van der Waals surface area contributed by atoms with Gasteiger partial charge < -0.3 is 20.3 Å². The van der Waals surface area contributed by atoms with Crippen molar-refractivity contribution >= 4 is 11.9 Å². The molecule has 0 fully saturated rings. The highest BCUT2D eigenvalue weighted by atomic mass is 16.5. The maximum absolute atomic E-state index is 12.5. The monoisotopic (exact) mass is 1170 g/mol. The third-order valence-corrected chi connectivity index (χ3v) is 18.3. The Kier molecular flexibility index (Phi) is 71.8. The summed E-state index contributed by atoms with van der Waals surface area (Å²) in [5.41, 5.74) is 0. The molecule has 2 atom stereocenters. The lowest BCUT2D eigenvalue weighted by atomic mass is 10.0. The minimum absolute atomic E-state index is 0.0248. The predicted molar refractivity (Wildman–Crippen MR) is 366 cm³/mol. The molecule has 3 N–H and O–H groups in total. The van der Waals surface area contributed by atoms with E-state index in [9.17, 15) is 19.8 Å². The highest BCUT2D eigenvalue weighted by Gasteiger charge is 2.18. The third-order valence-electron chi connectivity index (χ3n) is 18.3. The molecule has 1 amide bonds. The summed E-state index contributed by atoms with van der Waals surface area (Å²) in [6, 6.07) is -0.623. The van der Waals surface area contributed by atoms with Gasteiger partial charge in [-0.3, -0.25) is 9.59 Å². The maximum Gasteiger partial charge on any atom is 0.305 e. The molecule has 6 heteroatoms. The van der Waals surface area contributed by atoms with Gasteiger partial charge in [-0.25, -0.2) is 0 Å². The first kappa shape index (κ1) is 81.6. The van der Waals surface area contributed by atoms with Crippen LogP contribution in [0.25, 0.3) is 0 Å². The number of ether oxygens (including phenoxy) is 1. The van der Waals surface area contributed by atoms with Crippen molar-refractivity contribution in [2.24, 2.45) is 0 Å². The number of carbonyl (C=O) groups excluding carboxylic acids is 2. The van der Waals surface area contributed by atoms with Gasteiger partial charge in [0.05, 0.1) is 25.4 Å². The molecule has 0 saturated carbocycles. The smallest absolute Gasteiger partial charge is 0.305 e. The third kappa shape index (κ3) is 69.6. The number of aliphatic hydroxyl groups excluding tert-OH is 2. The summed E-state index contributed by atoms with van der Waals surface area (Å²) < 4.78 is 5.49. The molecule has 2 unspecified atom stereocenters. The van der Waals surface area contributed by atoms with E-state index in [4.69, 9.17) is 4.74 Å². The average molecular weight is 1170 g/mol. The van der Waals surface area contributed by atoms with Crippen LogP contribution in [0.4, 0.5) is 0 Å². The molecule has 83 heavy (non-hydrogen) atoms. The Morgan fingerprint density at radius 1 is 0.325 bits per heavy atom. The number of carbonyl (C=O) groups is 2. The zero-order valence-corrected chi connectivity index (χ0v) is 56.7. The van der Waals surface area contributed by atoms with Crippen LogP contribution in [0.2, 0.25) is 0 Å². The van der Waals surface area contributed by atoms with Gasteiger partial charge in [0, 0.05) is 12.8 Å². The van der Waals surface area contributed by atoms with Crippen molar-refractivity contribution in [1.29, 1.82) is 0 Å². The molecule has 0 aliphatic rings. The van der Waals surface area contributed by atoms with Crippen LogP contribution in [0.5, 0.6) is 0 Å². The molecule has 0 aromatic carbocycles. The fourth-order valence-corrected chi connectivity index (χ4v) is 12.5. The number of hydrogen-bond acceptors (Lipinski definition) is 5. The number of hydrogen-bond donors (Lipinski definition) is 3. The van der Waals surface area contributed by atoms with Gasteiger partial charge in [-0.15, -0.1) is 0 Å². The SMILES string of the molecule is CCCCCCCCCCCCCCCCC/C=C/C(O)C(CO)NC(=O)CCCCCCCCCCCCCCCCCCCCCCCCCCCCCCCCCCCCCCCOC(=O)CCCCCCCCCCCCCC. The Hall–Kier alpha value is -1.40. The summed E-state index contributed by atoms with van der Waals surface area (Å²) in [5, 5.41) is 23.2. The quantitative estimate of drug-likeness (QED) is 0.0320. The lowest BCUT2D eigenvalue weighted by molar-refractivity contribution is -0.143. The Bertz CT molecular complexity index is 1260. The number of aliphatic hydroxyl groups is 2. The summed E-state index contributed by atoms with van der Waals surface area (Å²) in [6.07, 6.45) is 91.9. The number of nitrogens with one attached hydrogen (secondary N) is 1. The van der Waals surface area contributed by atoms with Crippen LogP contribution in [0.15, 0.2) is 12.2 Å². The number of amides is 1. The van der Waals surface area contributed by atoms with E-state index in [-0.39, 0.29) is 18.5 Å².